The summed E-state index contributed by atoms with van der Waals surface area (Å²) in [5, 5.41) is 0. The summed E-state index contributed by atoms with van der Waals surface area (Å²) in [6, 6.07) is 20.4. The number of pyridine rings is 1. The van der Waals surface area contributed by atoms with Gasteiger partial charge in [-0.3, -0.25) is 15.3 Å². The fraction of sp³-hybridized carbons (Fsp3) is 0.115. The standard InChI is InChI=1S/C26H22N2O3/c1-29-21-7-3-17(4-8-21)25-16-23(26(31-25)18-11-13-27-14-12-18)20-5-9-22-19(15-20)6-10-24(22)28-30-2/h3-5,7-16,28H,6H2,1-2H3. The van der Waals surface area contributed by atoms with Crippen LogP contribution in [0.25, 0.3) is 39.5 Å². The summed E-state index contributed by atoms with van der Waals surface area (Å²) in [5.74, 6) is 2.45. The molecule has 2 heterocycles. The van der Waals surface area contributed by atoms with E-state index in [1.165, 1.54) is 5.56 Å². The van der Waals surface area contributed by atoms with Crippen LogP contribution in [0, 0.1) is 0 Å². The average Bonchev–Trinajstić information content (AvgIpc) is 3.44. The van der Waals surface area contributed by atoms with Gasteiger partial charge in [-0.05, 0) is 60.0 Å². The lowest BCUT2D eigenvalue weighted by atomic mass is 9.97. The summed E-state index contributed by atoms with van der Waals surface area (Å²) >= 11 is 0. The third-order valence-corrected chi connectivity index (χ3v) is 5.49. The van der Waals surface area contributed by atoms with Crippen molar-refractivity contribution in [3.8, 4) is 39.5 Å². The average molecular weight is 410 g/mol. The Morgan fingerprint density at radius 3 is 2.35 bits per heavy atom. The van der Waals surface area contributed by atoms with Crippen molar-refractivity contribution in [1.82, 2.24) is 10.5 Å². The summed E-state index contributed by atoms with van der Waals surface area (Å²) in [4.78, 5) is 9.24. The second kappa shape index (κ2) is 8.13. The highest BCUT2D eigenvalue weighted by atomic mass is 16.6. The van der Waals surface area contributed by atoms with E-state index in [9.17, 15) is 0 Å². The minimum absolute atomic E-state index is 0.810. The van der Waals surface area contributed by atoms with Gasteiger partial charge in [-0.2, -0.15) is 0 Å². The molecule has 2 aromatic heterocycles. The molecule has 1 aliphatic carbocycles. The summed E-state index contributed by atoms with van der Waals surface area (Å²) in [5.41, 5.74) is 10.5. The number of methoxy groups -OCH3 is 1. The van der Waals surface area contributed by atoms with E-state index in [0.29, 0.717) is 0 Å². The largest absolute Gasteiger partial charge is 0.497 e. The van der Waals surface area contributed by atoms with E-state index in [-0.39, 0.29) is 0 Å². The zero-order valence-electron chi connectivity index (χ0n) is 17.4. The minimum Gasteiger partial charge on any atom is -0.497 e. The molecule has 1 N–H and O–H groups in total. The van der Waals surface area contributed by atoms with Crippen LogP contribution in [-0.2, 0) is 11.3 Å². The molecule has 0 bridgehead atoms. The molecule has 154 valence electrons. The van der Waals surface area contributed by atoms with E-state index in [4.69, 9.17) is 14.0 Å². The van der Waals surface area contributed by atoms with Crippen molar-refractivity contribution < 1.29 is 14.0 Å². The molecule has 0 unspecified atom stereocenters. The number of allylic oxidation sites excluding steroid dienone is 1. The van der Waals surface area contributed by atoms with E-state index in [2.05, 4.69) is 40.8 Å². The summed E-state index contributed by atoms with van der Waals surface area (Å²) in [6.45, 7) is 0. The molecule has 0 saturated heterocycles. The van der Waals surface area contributed by atoms with Gasteiger partial charge in [-0.1, -0.05) is 24.3 Å². The molecule has 2 aromatic carbocycles. The molecule has 0 radical (unpaired) electrons. The smallest absolute Gasteiger partial charge is 0.142 e. The topological polar surface area (TPSA) is 56.5 Å². The maximum Gasteiger partial charge on any atom is 0.142 e. The first-order valence-electron chi connectivity index (χ1n) is 10.1. The van der Waals surface area contributed by atoms with E-state index >= 15 is 0 Å². The summed E-state index contributed by atoms with van der Waals surface area (Å²) in [7, 11) is 3.29. The van der Waals surface area contributed by atoms with Crippen LogP contribution in [0.15, 0.2) is 83.6 Å². The number of aromatic nitrogens is 1. The molecule has 5 heteroatoms. The van der Waals surface area contributed by atoms with E-state index in [1.807, 2.05) is 36.4 Å². The molecule has 5 nitrogen and oxygen atoms in total. The van der Waals surface area contributed by atoms with Crippen molar-refractivity contribution in [3.05, 3.63) is 90.3 Å². The Morgan fingerprint density at radius 2 is 1.61 bits per heavy atom. The van der Waals surface area contributed by atoms with Crippen molar-refractivity contribution in [2.75, 3.05) is 14.2 Å². The van der Waals surface area contributed by atoms with E-state index < -0.39 is 0 Å². The Balaban J connectivity index is 1.60. The second-order valence-electron chi connectivity index (χ2n) is 7.32. The number of hydrogen-bond acceptors (Lipinski definition) is 5. The highest BCUT2D eigenvalue weighted by Crippen LogP contribution is 2.40. The lowest BCUT2D eigenvalue weighted by Crippen LogP contribution is -2.08. The van der Waals surface area contributed by atoms with Crippen molar-refractivity contribution >= 4 is 5.70 Å². The van der Waals surface area contributed by atoms with Gasteiger partial charge in [0, 0.05) is 34.6 Å². The monoisotopic (exact) mass is 410 g/mol. The number of hydroxylamine groups is 1. The molecular weight excluding hydrogens is 388 g/mol. The van der Waals surface area contributed by atoms with Crippen molar-refractivity contribution in [1.29, 1.82) is 0 Å². The normalized spacial score (nSPS) is 12.4. The van der Waals surface area contributed by atoms with Crippen LogP contribution < -0.4 is 10.2 Å². The molecule has 0 amide bonds. The van der Waals surface area contributed by atoms with Gasteiger partial charge >= 0.3 is 0 Å². The fourth-order valence-corrected chi connectivity index (χ4v) is 3.94. The number of hydrogen-bond donors (Lipinski definition) is 1. The fourth-order valence-electron chi connectivity index (χ4n) is 3.94. The maximum atomic E-state index is 6.38. The first kappa shape index (κ1) is 19.2. The van der Waals surface area contributed by atoms with Crippen LogP contribution in [0.5, 0.6) is 5.75 Å². The molecular formula is C26H22N2O3. The minimum atomic E-state index is 0.810. The third kappa shape index (κ3) is 3.60. The van der Waals surface area contributed by atoms with E-state index in [1.54, 1.807) is 26.6 Å². The lowest BCUT2D eigenvalue weighted by molar-refractivity contribution is 0.137. The van der Waals surface area contributed by atoms with Gasteiger partial charge in [0.2, 0.25) is 0 Å². The lowest BCUT2D eigenvalue weighted by Gasteiger charge is -2.09. The third-order valence-electron chi connectivity index (χ3n) is 5.49. The first-order chi connectivity index (χ1) is 15.3. The van der Waals surface area contributed by atoms with Gasteiger partial charge < -0.3 is 9.15 Å². The van der Waals surface area contributed by atoms with Crippen LogP contribution in [0.4, 0.5) is 0 Å². The number of benzene rings is 2. The first-order valence-corrected chi connectivity index (χ1v) is 10.1. The van der Waals surface area contributed by atoms with Crippen LogP contribution in [0.1, 0.15) is 11.1 Å². The number of nitrogens with one attached hydrogen (secondary N) is 1. The summed E-state index contributed by atoms with van der Waals surface area (Å²) < 4.78 is 11.7. The van der Waals surface area contributed by atoms with Gasteiger partial charge in [0.25, 0.3) is 0 Å². The molecule has 0 atom stereocenters. The highest BCUT2D eigenvalue weighted by Gasteiger charge is 2.19. The molecule has 1 aliphatic rings. The molecule has 0 spiro atoms. The van der Waals surface area contributed by atoms with Crippen LogP contribution in [0.2, 0.25) is 0 Å². The van der Waals surface area contributed by atoms with Crippen LogP contribution in [0.3, 0.4) is 0 Å². The van der Waals surface area contributed by atoms with Gasteiger partial charge in [0.15, 0.2) is 0 Å². The molecule has 0 aliphatic heterocycles. The van der Waals surface area contributed by atoms with Crippen LogP contribution in [-0.4, -0.2) is 19.2 Å². The number of fused-ring (bicyclic) bond motifs is 1. The van der Waals surface area contributed by atoms with Gasteiger partial charge in [0.05, 0.1) is 19.9 Å². The van der Waals surface area contributed by atoms with Crippen LogP contribution >= 0.6 is 0 Å². The Hall–Kier alpha value is -3.83. The van der Waals surface area contributed by atoms with Gasteiger partial charge in [-0.15, -0.1) is 0 Å². The summed E-state index contributed by atoms with van der Waals surface area (Å²) in [6.07, 6.45) is 6.57. The molecule has 31 heavy (non-hydrogen) atoms. The van der Waals surface area contributed by atoms with Crippen molar-refractivity contribution in [3.63, 3.8) is 0 Å². The predicted molar refractivity (Wildman–Crippen MR) is 121 cm³/mol. The zero-order valence-corrected chi connectivity index (χ0v) is 17.4. The zero-order chi connectivity index (χ0) is 21.2. The predicted octanol–water partition coefficient (Wildman–Crippen LogP) is 5.73. The quantitative estimate of drug-likeness (QED) is 0.411. The highest BCUT2D eigenvalue weighted by molar-refractivity contribution is 5.85. The molecule has 4 aromatic rings. The van der Waals surface area contributed by atoms with Gasteiger partial charge in [0.1, 0.15) is 17.3 Å². The Kier molecular flexibility index (Phi) is 5.02. The van der Waals surface area contributed by atoms with Crippen molar-refractivity contribution in [2.24, 2.45) is 0 Å². The molecule has 0 saturated carbocycles. The van der Waals surface area contributed by atoms with E-state index in [0.717, 1.165) is 57.2 Å². The number of nitrogens with zero attached hydrogens (tertiary/aromatic N) is 1. The number of ether oxygens (including phenoxy) is 1. The SMILES string of the molecule is CONC1=CCc2cc(-c3cc(-c4ccc(OC)cc4)oc3-c3ccncc3)ccc21. The van der Waals surface area contributed by atoms with Gasteiger partial charge in [-0.25, -0.2) is 0 Å². The second-order valence-corrected chi connectivity index (χ2v) is 7.32. The Bertz CT molecular complexity index is 1240. The Morgan fingerprint density at radius 1 is 0.839 bits per heavy atom. The number of furan rings is 1. The molecule has 5 rings (SSSR count). The Labute approximate surface area is 180 Å². The van der Waals surface area contributed by atoms with Crippen molar-refractivity contribution in [2.45, 2.75) is 6.42 Å². The molecule has 0 fully saturated rings. The maximum absolute atomic E-state index is 6.38. The number of rotatable bonds is 6.